The second kappa shape index (κ2) is 13.9. The fourth-order valence-corrected chi connectivity index (χ4v) is 1.19. The largest absolute Gasteiger partial charge is 0.382 e. The van der Waals surface area contributed by atoms with E-state index in [-0.39, 0.29) is 6.04 Å². The molecule has 0 heterocycles. The summed E-state index contributed by atoms with van der Waals surface area (Å²) in [5, 5.41) is 0. The van der Waals surface area contributed by atoms with Gasteiger partial charge in [-0.3, -0.25) is 0 Å². The summed E-state index contributed by atoms with van der Waals surface area (Å²) in [5.41, 5.74) is 5.62. The molecule has 104 valence electrons. The van der Waals surface area contributed by atoms with E-state index in [0.717, 1.165) is 19.4 Å². The topological polar surface area (TPSA) is 62.9 Å². The van der Waals surface area contributed by atoms with Gasteiger partial charge in [0, 0.05) is 19.8 Å². The normalized spacial score (nSPS) is 12.9. The van der Waals surface area contributed by atoms with Gasteiger partial charge in [-0.15, -0.1) is 0 Å². The Morgan fingerprint density at radius 2 is 1.29 bits per heavy atom. The van der Waals surface area contributed by atoms with Crippen molar-refractivity contribution >= 4 is 0 Å². The van der Waals surface area contributed by atoms with Gasteiger partial charge >= 0.3 is 0 Å². The molecule has 0 spiro atoms. The minimum atomic E-state index is 0.263. The molecule has 0 bridgehead atoms. The predicted molar refractivity (Wildman–Crippen MR) is 67.2 cm³/mol. The van der Waals surface area contributed by atoms with Crippen LogP contribution >= 0.6 is 0 Å². The van der Waals surface area contributed by atoms with E-state index in [4.69, 9.17) is 24.7 Å². The van der Waals surface area contributed by atoms with Gasteiger partial charge in [0.05, 0.1) is 39.6 Å². The van der Waals surface area contributed by atoms with Crippen LogP contribution in [0.25, 0.3) is 0 Å². The van der Waals surface area contributed by atoms with Gasteiger partial charge in [-0.25, -0.2) is 0 Å². The highest BCUT2D eigenvalue weighted by molar-refractivity contribution is 4.51. The lowest BCUT2D eigenvalue weighted by atomic mass is 10.2. The maximum atomic E-state index is 5.62. The molecule has 1 atom stereocenters. The summed E-state index contributed by atoms with van der Waals surface area (Å²) in [5.74, 6) is 0. The molecule has 2 N–H and O–H groups in total. The second-order valence-electron chi connectivity index (χ2n) is 3.95. The van der Waals surface area contributed by atoms with Crippen LogP contribution in [0.5, 0.6) is 0 Å². The highest BCUT2D eigenvalue weighted by Gasteiger charge is 1.94. The van der Waals surface area contributed by atoms with Crippen LogP contribution in [0.15, 0.2) is 0 Å². The van der Waals surface area contributed by atoms with Gasteiger partial charge in [0.2, 0.25) is 0 Å². The highest BCUT2D eigenvalue weighted by Crippen LogP contribution is 1.93. The smallest absolute Gasteiger partial charge is 0.0701 e. The third-order valence-electron chi connectivity index (χ3n) is 2.12. The monoisotopic (exact) mass is 249 g/mol. The van der Waals surface area contributed by atoms with E-state index in [1.807, 2.05) is 6.92 Å². The molecule has 5 heteroatoms. The number of ether oxygens (including phenoxy) is 4. The van der Waals surface area contributed by atoms with Crippen molar-refractivity contribution in [3.63, 3.8) is 0 Å². The fraction of sp³-hybridized carbons (Fsp3) is 1.00. The van der Waals surface area contributed by atoms with Crippen LogP contribution < -0.4 is 5.73 Å². The predicted octanol–water partition coefficient (Wildman–Crippen LogP) is 0.810. The van der Waals surface area contributed by atoms with E-state index in [1.165, 1.54) is 0 Å². The molecule has 5 nitrogen and oxygen atoms in total. The Hall–Kier alpha value is -0.200. The summed E-state index contributed by atoms with van der Waals surface area (Å²) >= 11 is 0. The lowest BCUT2D eigenvalue weighted by Gasteiger charge is -2.07. The van der Waals surface area contributed by atoms with E-state index in [1.54, 1.807) is 7.11 Å². The van der Waals surface area contributed by atoms with E-state index in [9.17, 15) is 0 Å². The molecule has 0 fully saturated rings. The minimum absolute atomic E-state index is 0.263. The van der Waals surface area contributed by atoms with Crippen molar-refractivity contribution in [1.82, 2.24) is 0 Å². The van der Waals surface area contributed by atoms with Crippen molar-refractivity contribution in [2.45, 2.75) is 25.8 Å². The zero-order chi connectivity index (χ0) is 12.8. The number of methoxy groups -OCH3 is 1. The van der Waals surface area contributed by atoms with Crippen LogP contribution in [0.4, 0.5) is 0 Å². The molecular formula is C12H27NO4. The van der Waals surface area contributed by atoms with Crippen molar-refractivity contribution in [2.75, 3.05) is 53.4 Å². The lowest BCUT2D eigenvalue weighted by Crippen LogP contribution is -2.16. The first-order valence-electron chi connectivity index (χ1n) is 6.25. The molecule has 1 unspecified atom stereocenters. The third-order valence-corrected chi connectivity index (χ3v) is 2.12. The van der Waals surface area contributed by atoms with Crippen molar-refractivity contribution in [1.29, 1.82) is 0 Å². The van der Waals surface area contributed by atoms with Gasteiger partial charge < -0.3 is 24.7 Å². The third kappa shape index (κ3) is 15.8. The first-order chi connectivity index (χ1) is 8.27. The van der Waals surface area contributed by atoms with Gasteiger partial charge in [0.15, 0.2) is 0 Å². The van der Waals surface area contributed by atoms with Crippen LogP contribution in [0.2, 0.25) is 0 Å². The summed E-state index contributed by atoms with van der Waals surface area (Å²) in [7, 11) is 1.66. The SMILES string of the molecule is COCCOCCOCCOCCCC(C)N. The summed E-state index contributed by atoms with van der Waals surface area (Å²) in [4.78, 5) is 0. The van der Waals surface area contributed by atoms with Gasteiger partial charge in [0.25, 0.3) is 0 Å². The molecule has 0 amide bonds. The summed E-state index contributed by atoms with van der Waals surface area (Å²) < 4.78 is 20.8. The van der Waals surface area contributed by atoms with Crippen LogP contribution in [0, 0.1) is 0 Å². The Kier molecular flexibility index (Phi) is 13.7. The average molecular weight is 249 g/mol. The Labute approximate surface area is 105 Å². The Bertz CT molecular complexity index is 144. The van der Waals surface area contributed by atoms with E-state index in [0.29, 0.717) is 39.6 Å². The van der Waals surface area contributed by atoms with Crippen molar-refractivity contribution < 1.29 is 18.9 Å². The van der Waals surface area contributed by atoms with Gasteiger partial charge in [-0.2, -0.15) is 0 Å². The zero-order valence-corrected chi connectivity index (χ0v) is 11.2. The molecular weight excluding hydrogens is 222 g/mol. The van der Waals surface area contributed by atoms with Gasteiger partial charge in [-0.1, -0.05) is 0 Å². The summed E-state index contributed by atoms with van der Waals surface area (Å²) in [6, 6.07) is 0.263. The maximum Gasteiger partial charge on any atom is 0.0701 e. The zero-order valence-electron chi connectivity index (χ0n) is 11.2. The number of rotatable bonds is 13. The molecule has 0 aromatic rings. The highest BCUT2D eigenvalue weighted by atomic mass is 16.6. The molecule has 0 saturated heterocycles. The van der Waals surface area contributed by atoms with Crippen LogP contribution in [0.3, 0.4) is 0 Å². The van der Waals surface area contributed by atoms with Crippen LogP contribution in [0.1, 0.15) is 19.8 Å². The van der Waals surface area contributed by atoms with Gasteiger partial charge in [0.1, 0.15) is 0 Å². The number of hydrogen-bond donors (Lipinski definition) is 1. The molecule has 17 heavy (non-hydrogen) atoms. The average Bonchev–Trinajstić information content (AvgIpc) is 2.30. The van der Waals surface area contributed by atoms with Crippen LogP contribution in [-0.4, -0.2) is 59.4 Å². The van der Waals surface area contributed by atoms with E-state index in [2.05, 4.69) is 0 Å². The standard InChI is InChI=1S/C12H27NO4/c1-12(13)4-3-5-15-8-9-17-11-10-16-7-6-14-2/h12H,3-11,13H2,1-2H3. The van der Waals surface area contributed by atoms with E-state index < -0.39 is 0 Å². The molecule has 0 aliphatic carbocycles. The van der Waals surface area contributed by atoms with Crippen molar-refractivity contribution in [3.05, 3.63) is 0 Å². The van der Waals surface area contributed by atoms with Crippen LogP contribution in [-0.2, 0) is 18.9 Å². The Balaban J connectivity index is 2.89. The second-order valence-corrected chi connectivity index (χ2v) is 3.95. The molecule has 0 aromatic heterocycles. The number of nitrogens with two attached hydrogens (primary N) is 1. The van der Waals surface area contributed by atoms with Crippen molar-refractivity contribution in [3.8, 4) is 0 Å². The lowest BCUT2D eigenvalue weighted by molar-refractivity contribution is 0.00319. The first kappa shape index (κ1) is 16.8. The first-order valence-corrected chi connectivity index (χ1v) is 6.25. The fourth-order valence-electron chi connectivity index (χ4n) is 1.19. The molecule has 0 aliphatic rings. The maximum absolute atomic E-state index is 5.62. The van der Waals surface area contributed by atoms with E-state index >= 15 is 0 Å². The van der Waals surface area contributed by atoms with Crippen molar-refractivity contribution in [2.24, 2.45) is 5.73 Å². The minimum Gasteiger partial charge on any atom is -0.382 e. The summed E-state index contributed by atoms with van der Waals surface area (Å²) in [6.07, 6.45) is 2.02. The molecule has 0 aliphatic heterocycles. The Morgan fingerprint density at radius 3 is 1.76 bits per heavy atom. The molecule has 0 aromatic carbocycles. The quantitative estimate of drug-likeness (QED) is 0.489. The Morgan fingerprint density at radius 1 is 0.824 bits per heavy atom. The molecule has 0 rings (SSSR count). The molecule has 0 radical (unpaired) electrons. The summed E-state index contributed by atoms with van der Waals surface area (Å²) in [6.45, 7) is 6.47. The molecule has 0 saturated carbocycles. The number of hydrogen-bond acceptors (Lipinski definition) is 5. The van der Waals surface area contributed by atoms with Gasteiger partial charge in [-0.05, 0) is 19.8 Å².